The maximum atomic E-state index is 11.0. The van der Waals surface area contributed by atoms with Gasteiger partial charge in [-0.15, -0.1) is 0 Å². The first-order valence-corrected chi connectivity index (χ1v) is 8.26. The van der Waals surface area contributed by atoms with Crippen molar-refractivity contribution in [1.29, 1.82) is 0 Å². The number of hydrogen-bond donors (Lipinski definition) is 5. The Hall–Kier alpha value is -2.11. The maximum absolute atomic E-state index is 11.0. The number of aliphatic hydroxyl groups excluding tert-OH is 4. The second-order valence-corrected chi connectivity index (χ2v) is 6.02. The molecule has 27 heavy (non-hydrogen) atoms. The summed E-state index contributed by atoms with van der Waals surface area (Å²) < 4.78 is 21.4. The molecule has 1 heterocycles. The van der Waals surface area contributed by atoms with Crippen molar-refractivity contribution in [1.82, 2.24) is 0 Å². The van der Waals surface area contributed by atoms with Gasteiger partial charge in [0.2, 0.25) is 6.29 Å². The third kappa shape index (κ3) is 4.79. The minimum absolute atomic E-state index is 0.0647. The number of carbonyl (C=O) groups is 1. The summed E-state index contributed by atoms with van der Waals surface area (Å²) in [6.45, 7) is -0.599. The summed E-state index contributed by atoms with van der Waals surface area (Å²) in [6.07, 6.45) is -7.41. The van der Waals surface area contributed by atoms with Crippen molar-refractivity contribution in [2.45, 2.75) is 43.5 Å². The van der Waals surface area contributed by atoms with Crippen LogP contribution in [0.3, 0.4) is 0 Å². The molecule has 5 N–H and O–H groups in total. The average molecular weight is 388 g/mol. The van der Waals surface area contributed by atoms with Gasteiger partial charge in [0.1, 0.15) is 41.7 Å². The smallest absolute Gasteiger partial charge is 0.303 e. The van der Waals surface area contributed by atoms with Gasteiger partial charge in [0, 0.05) is 24.1 Å². The van der Waals surface area contributed by atoms with Crippen LogP contribution in [0.4, 0.5) is 0 Å². The number of rotatable bonds is 8. The summed E-state index contributed by atoms with van der Waals surface area (Å²) in [5, 5.41) is 48.1. The molecule has 5 atom stereocenters. The van der Waals surface area contributed by atoms with Crippen LogP contribution in [0, 0.1) is 0 Å². The topological polar surface area (TPSA) is 155 Å². The molecule has 2 rings (SSSR count). The molecule has 1 saturated heterocycles. The number of benzene rings is 1. The van der Waals surface area contributed by atoms with E-state index in [0.717, 1.165) is 0 Å². The lowest BCUT2D eigenvalue weighted by Gasteiger charge is -2.39. The van der Waals surface area contributed by atoms with Crippen LogP contribution in [0.25, 0.3) is 0 Å². The molecule has 0 spiro atoms. The quantitative estimate of drug-likeness (QED) is 0.370. The Morgan fingerprint density at radius 3 is 2.30 bits per heavy atom. The van der Waals surface area contributed by atoms with Crippen LogP contribution in [0.2, 0.25) is 0 Å². The van der Waals surface area contributed by atoms with Crippen LogP contribution in [-0.2, 0) is 16.0 Å². The first-order valence-electron chi connectivity index (χ1n) is 8.26. The fourth-order valence-electron chi connectivity index (χ4n) is 2.77. The molecule has 152 valence electrons. The third-order valence-corrected chi connectivity index (χ3v) is 4.28. The van der Waals surface area contributed by atoms with E-state index in [2.05, 4.69) is 0 Å². The summed E-state index contributed by atoms with van der Waals surface area (Å²) in [6, 6.07) is 3.01. The molecule has 1 fully saturated rings. The van der Waals surface area contributed by atoms with Crippen LogP contribution in [0.15, 0.2) is 12.1 Å². The Morgan fingerprint density at radius 1 is 1.07 bits per heavy atom. The normalized spacial score (nSPS) is 27.9. The Labute approximate surface area is 155 Å². The van der Waals surface area contributed by atoms with E-state index in [1.165, 1.54) is 20.3 Å². The zero-order valence-corrected chi connectivity index (χ0v) is 14.9. The number of aliphatic hydroxyl groups is 4. The molecule has 1 aliphatic heterocycles. The lowest BCUT2D eigenvalue weighted by atomic mass is 9.99. The summed E-state index contributed by atoms with van der Waals surface area (Å²) in [4.78, 5) is 11.0. The molecule has 1 aliphatic rings. The van der Waals surface area contributed by atoms with Gasteiger partial charge in [0.05, 0.1) is 20.8 Å². The van der Waals surface area contributed by atoms with E-state index in [1.807, 2.05) is 0 Å². The van der Waals surface area contributed by atoms with Crippen LogP contribution in [0.5, 0.6) is 17.2 Å². The van der Waals surface area contributed by atoms with E-state index in [4.69, 9.17) is 24.1 Å². The van der Waals surface area contributed by atoms with E-state index < -0.39 is 43.3 Å². The first kappa shape index (κ1) is 21.2. The number of methoxy groups -OCH3 is 2. The fraction of sp³-hybridized carbons (Fsp3) is 0.588. The van der Waals surface area contributed by atoms with Crippen molar-refractivity contribution >= 4 is 5.97 Å². The van der Waals surface area contributed by atoms with Crippen LogP contribution in [-0.4, -0.2) is 83.0 Å². The molecular weight excluding hydrogens is 364 g/mol. The fourth-order valence-corrected chi connectivity index (χ4v) is 2.77. The average Bonchev–Trinajstić information content (AvgIpc) is 2.66. The summed E-state index contributed by atoms with van der Waals surface area (Å²) in [5.41, 5.74) is 0.401. The molecule has 0 saturated carbocycles. The van der Waals surface area contributed by atoms with Crippen molar-refractivity contribution < 1.29 is 49.3 Å². The van der Waals surface area contributed by atoms with Crippen molar-refractivity contribution in [2.24, 2.45) is 0 Å². The highest BCUT2D eigenvalue weighted by Gasteiger charge is 2.45. The van der Waals surface area contributed by atoms with Crippen molar-refractivity contribution in [3.8, 4) is 17.2 Å². The molecular formula is C17H24O10. The number of carboxylic acids is 1. The SMILES string of the molecule is COc1cc(OC)c(CCC(=O)O)c(O[C@@H]2O[C@H](CO)[C@@H](O)[C@H](O)[C@H]2O)c1. The molecule has 0 aliphatic carbocycles. The van der Waals surface area contributed by atoms with Gasteiger partial charge in [-0.2, -0.15) is 0 Å². The van der Waals surface area contributed by atoms with E-state index >= 15 is 0 Å². The van der Waals surface area contributed by atoms with Crippen molar-refractivity contribution in [3.63, 3.8) is 0 Å². The monoisotopic (exact) mass is 388 g/mol. The van der Waals surface area contributed by atoms with Gasteiger partial charge in [0.15, 0.2) is 0 Å². The lowest BCUT2D eigenvalue weighted by Crippen LogP contribution is -2.60. The summed E-state index contributed by atoms with van der Waals surface area (Å²) in [5.74, 6) is -0.232. The molecule has 0 unspecified atom stereocenters. The lowest BCUT2D eigenvalue weighted by molar-refractivity contribution is -0.277. The Bertz CT molecular complexity index is 647. The molecule has 10 heteroatoms. The number of hydrogen-bond acceptors (Lipinski definition) is 9. The highest BCUT2D eigenvalue weighted by molar-refractivity contribution is 5.67. The summed E-state index contributed by atoms with van der Waals surface area (Å²) >= 11 is 0. The van der Waals surface area contributed by atoms with Crippen molar-refractivity contribution in [2.75, 3.05) is 20.8 Å². The second-order valence-electron chi connectivity index (χ2n) is 6.02. The highest BCUT2D eigenvalue weighted by Crippen LogP contribution is 2.37. The third-order valence-electron chi connectivity index (χ3n) is 4.28. The van der Waals surface area contributed by atoms with Gasteiger partial charge in [0.25, 0.3) is 0 Å². The molecule has 0 amide bonds. The van der Waals surface area contributed by atoms with Gasteiger partial charge in [-0.3, -0.25) is 4.79 Å². The Morgan fingerprint density at radius 2 is 1.74 bits per heavy atom. The molecule has 0 radical (unpaired) electrons. The van der Waals surface area contributed by atoms with Gasteiger partial charge in [-0.25, -0.2) is 0 Å². The molecule has 10 nitrogen and oxygen atoms in total. The van der Waals surface area contributed by atoms with Crippen LogP contribution >= 0.6 is 0 Å². The van der Waals surface area contributed by atoms with Gasteiger partial charge in [-0.05, 0) is 6.42 Å². The number of ether oxygens (including phenoxy) is 4. The van der Waals surface area contributed by atoms with Crippen LogP contribution in [0.1, 0.15) is 12.0 Å². The number of aliphatic carboxylic acids is 1. The van der Waals surface area contributed by atoms with Crippen LogP contribution < -0.4 is 14.2 Å². The highest BCUT2D eigenvalue weighted by atomic mass is 16.7. The summed E-state index contributed by atoms with van der Waals surface area (Å²) in [7, 11) is 2.82. The molecule has 0 bridgehead atoms. The van der Waals surface area contributed by atoms with Gasteiger partial charge >= 0.3 is 5.97 Å². The zero-order valence-electron chi connectivity index (χ0n) is 14.9. The molecule has 0 aromatic heterocycles. The molecule has 1 aromatic carbocycles. The van der Waals surface area contributed by atoms with E-state index in [9.17, 15) is 25.2 Å². The van der Waals surface area contributed by atoms with Gasteiger partial charge in [-0.1, -0.05) is 0 Å². The minimum atomic E-state index is -1.60. The maximum Gasteiger partial charge on any atom is 0.303 e. The van der Waals surface area contributed by atoms with Gasteiger partial charge < -0.3 is 44.5 Å². The minimum Gasteiger partial charge on any atom is -0.496 e. The first-order chi connectivity index (χ1) is 12.8. The van der Waals surface area contributed by atoms with E-state index in [-0.39, 0.29) is 18.6 Å². The van der Waals surface area contributed by atoms with E-state index in [0.29, 0.717) is 17.1 Å². The van der Waals surface area contributed by atoms with E-state index in [1.54, 1.807) is 6.07 Å². The Kier molecular flexibility index (Phi) is 7.22. The molecule has 1 aromatic rings. The second kappa shape index (κ2) is 9.20. The predicted molar refractivity (Wildman–Crippen MR) is 89.9 cm³/mol. The predicted octanol–water partition coefficient (Wildman–Crippen LogP) is -1.10. The zero-order chi connectivity index (χ0) is 20.1. The number of carboxylic acid groups (broad SMARTS) is 1. The Balaban J connectivity index is 2.35. The van der Waals surface area contributed by atoms with Crippen molar-refractivity contribution in [3.05, 3.63) is 17.7 Å². The standard InChI is InChI=1S/C17H24O10/c1-24-8-5-10(25-2)9(3-4-13(19)20)11(6-8)26-17-16(23)15(22)14(21)12(7-18)27-17/h5-6,12,14-18,21-23H,3-4,7H2,1-2H3,(H,19,20)/t12-,14-,15+,16-,17-/m1/s1. The largest absolute Gasteiger partial charge is 0.496 e.